The molecule has 1 heterocycles. The van der Waals surface area contributed by atoms with Crippen molar-refractivity contribution in [3.8, 4) is 16.9 Å². The second-order valence-electron chi connectivity index (χ2n) is 6.09. The van der Waals surface area contributed by atoms with Crippen molar-refractivity contribution in [3.63, 3.8) is 0 Å². The van der Waals surface area contributed by atoms with Crippen molar-refractivity contribution in [2.24, 2.45) is 0 Å². The predicted octanol–water partition coefficient (Wildman–Crippen LogP) is 3.03. The molecule has 3 rings (SSSR count). The first-order valence-corrected chi connectivity index (χ1v) is 8.88. The van der Waals surface area contributed by atoms with Crippen LogP contribution in [0.4, 0.5) is 0 Å². The number of esters is 2. The van der Waals surface area contributed by atoms with E-state index in [1.165, 1.54) is 6.92 Å². The van der Waals surface area contributed by atoms with Gasteiger partial charge in [-0.05, 0) is 52.2 Å². The molecule has 28 heavy (non-hydrogen) atoms. The van der Waals surface area contributed by atoms with Gasteiger partial charge in [-0.2, -0.15) is 0 Å². The molecular weight excluding hydrogens is 360 g/mol. The van der Waals surface area contributed by atoms with E-state index in [-0.39, 0.29) is 12.6 Å². The Kier molecular flexibility index (Phi) is 6.11. The number of tetrazole rings is 1. The molecule has 8 heteroatoms. The predicted molar refractivity (Wildman–Crippen MR) is 100 cm³/mol. The number of aromatic nitrogens is 4. The monoisotopic (exact) mass is 380 g/mol. The summed E-state index contributed by atoms with van der Waals surface area (Å²) in [6, 6.07) is 14.2. The number of hydrogen-bond donors (Lipinski definition) is 0. The summed E-state index contributed by atoms with van der Waals surface area (Å²) in [6.45, 7) is 4.06. The van der Waals surface area contributed by atoms with Crippen LogP contribution in [0.25, 0.3) is 11.1 Å². The lowest BCUT2D eigenvalue weighted by Crippen LogP contribution is -2.11. The molecule has 0 aliphatic heterocycles. The molecule has 0 radical (unpaired) electrons. The fourth-order valence-corrected chi connectivity index (χ4v) is 2.61. The maximum Gasteiger partial charge on any atom is 0.338 e. The van der Waals surface area contributed by atoms with Crippen LogP contribution in [0.15, 0.2) is 48.5 Å². The molecule has 0 fully saturated rings. The molecule has 0 saturated carbocycles. The van der Waals surface area contributed by atoms with Crippen LogP contribution >= 0.6 is 0 Å². The summed E-state index contributed by atoms with van der Waals surface area (Å²) in [4.78, 5) is 23.2. The van der Waals surface area contributed by atoms with Crippen molar-refractivity contribution in [3.05, 3.63) is 59.9 Å². The lowest BCUT2D eigenvalue weighted by molar-refractivity contribution is -0.131. The molecule has 0 saturated heterocycles. The van der Waals surface area contributed by atoms with Crippen molar-refractivity contribution in [1.29, 1.82) is 0 Å². The molecule has 0 atom stereocenters. The van der Waals surface area contributed by atoms with E-state index in [9.17, 15) is 9.59 Å². The van der Waals surface area contributed by atoms with Crippen LogP contribution in [-0.2, 0) is 22.7 Å². The standard InChI is InChI=1S/C20H20N4O4/c1-3-12-24-19(21-22-23-24)13-27-20(26)17-6-4-15(5-7-17)16-8-10-18(11-9-16)28-14(2)25/h4-11H,3,12-13H2,1-2H3. The first kappa shape index (κ1) is 19.2. The van der Waals surface area contributed by atoms with Gasteiger partial charge in [-0.25, -0.2) is 9.48 Å². The van der Waals surface area contributed by atoms with E-state index in [2.05, 4.69) is 15.5 Å². The highest BCUT2D eigenvalue weighted by Crippen LogP contribution is 2.23. The lowest BCUT2D eigenvalue weighted by atomic mass is 10.0. The van der Waals surface area contributed by atoms with Crippen molar-refractivity contribution in [1.82, 2.24) is 20.2 Å². The fourth-order valence-electron chi connectivity index (χ4n) is 2.61. The van der Waals surface area contributed by atoms with E-state index in [4.69, 9.17) is 9.47 Å². The summed E-state index contributed by atoms with van der Waals surface area (Å²) < 4.78 is 11.9. The van der Waals surface area contributed by atoms with Crippen LogP contribution in [0.5, 0.6) is 5.75 Å². The zero-order chi connectivity index (χ0) is 19.9. The van der Waals surface area contributed by atoms with Crippen molar-refractivity contribution in [2.45, 2.75) is 33.4 Å². The normalized spacial score (nSPS) is 10.5. The minimum atomic E-state index is -0.442. The maximum atomic E-state index is 12.3. The van der Waals surface area contributed by atoms with E-state index in [1.54, 1.807) is 28.9 Å². The smallest absolute Gasteiger partial charge is 0.338 e. The Hall–Kier alpha value is -3.55. The average molecular weight is 380 g/mol. The van der Waals surface area contributed by atoms with Crippen LogP contribution in [-0.4, -0.2) is 32.1 Å². The molecule has 1 aromatic heterocycles. The zero-order valence-corrected chi connectivity index (χ0v) is 15.7. The molecule has 3 aromatic rings. The minimum absolute atomic E-state index is 0.0190. The zero-order valence-electron chi connectivity index (χ0n) is 15.7. The molecule has 0 amide bonds. The van der Waals surface area contributed by atoms with Gasteiger partial charge in [0.25, 0.3) is 0 Å². The van der Waals surface area contributed by atoms with E-state index in [0.29, 0.717) is 23.7 Å². The number of hydrogen-bond acceptors (Lipinski definition) is 7. The van der Waals surface area contributed by atoms with E-state index in [0.717, 1.165) is 17.5 Å². The van der Waals surface area contributed by atoms with Gasteiger partial charge in [0, 0.05) is 13.5 Å². The summed E-state index contributed by atoms with van der Waals surface area (Å²) in [5.74, 6) is 0.198. The fraction of sp³-hybridized carbons (Fsp3) is 0.250. The third-order valence-electron chi connectivity index (χ3n) is 3.94. The summed E-state index contributed by atoms with van der Waals surface area (Å²) in [5.41, 5.74) is 2.31. The Morgan fingerprint density at radius 1 is 1.00 bits per heavy atom. The topological polar surface area (TPSA) is 96.2 Å². The van der Waals surface area contributed by atoms with Gasteiger partial charge in [-0.3, -0.25) is 4.79 Å². The Bertz CT molecular complexity index is 949. The highest BCUT2D eigenvalue weighted by atomic mass is 16.5. The Labute approximate surface area is 162 Å². The van der Waals surface area contributed by atoms with Crippen molar-refractivity contribution < 1.29 is 19.1 Å². The number of nitrogens with zero attached hydrogens (tertiary/aromatic N) is 4. The average Bonchev–Trinajstić information content (AvgIpc) is 3.14. The maximum absolute atomic E-state index is 12.3. The van der Waals surface area contributed by atoms with Gasteiger partial charge in [-0.1, -0.05) is 31.2 Å². The molecule has 0 spiro atoms. The van der Waals surface area contributed by atoms with E-state index >= 15 is 0 Å². The van der Waals surface area contributed by atoms with Gasteiger partial charge in [-0.15, -0.1) is 5.10 Å². The summed E-state index contributed by atoms with van der Waals surface area (Å²) in [5, 5.41) is 11.3. The molecular formula is C20H20N4O4. The molecule has 0 unspecified atom stereocenters. The first-order chi connectivity index (χ1) is 13.6. The van der Waals surface area contributed by atoms with E-state index in [1.807, 2.05) is 31.2 Å². The van der Waals surface area contributed by atoms with Gasteiger partial charge in [0.05, 0.1) is 5.56 Å². The summed E-state index contributed by atoms with van der Waals surface area (Å²) in [6.07, 6.45) is 0.884. The second kappa shape index (κ2) is 8.90. The molecule has 144 valence electrons. The first-order valence-electron chi connectivity index (χ1n) is 8.88. The highest BCUT2D eigenvalue weighted by Gasteiger charge is 2.11. The van der Waals surface area contributed by atoms with Crippen LogP contribution in [0.2, 0.25) is 0 Å². The largest absolute Gasteiger partial charge is 0.454 e. The van der Waals surface area contributed by atoms with Crippen LogP contribution in [0, 0.1) is 0 Å². The third kappa shape index (κ3) is 4.79. The summed E-state index contributed by atoms with van der Waals surface area (Å²) in [7, 11) is 0. The van der Waals surface area contributed by atoms with Crippen LogP contribution < -0.4 is 4.74 Å². The Morgan fingerprint density at radius 3 is 2.25 bits per heavy atom. The number of carbonyl (C=O) groups excluding carboxylic acids is 2. The van der Waals surface area contributed by atoms with Gasteiger partial charge < -0.3 is 9.47 Å². The molecule has 2 aromatic carbocycles. The van der Waals surface area contributed by atoms with E-state index < -0.39 is 5.97 Å². The quantitative estimate of drug-likeness (QED) is 0.459. The van der Waals surface area contributed by atoms with Crippen LogP contribution in [0.3, 0.4) is 0 Å². The van der Waals surface area contributed by atoms with Gasteiger partial charge in [0.1, 0.15) is 5.75 Å². The Morgan fingerprint density at radius 2 is 1.64 bits per heavy atom. The molecule has 0 N–H and O–H groups in total. The van der Waals surface area contributed by atoms with Gasteiger partial charge >= 0.3 is 11.9 Å². The van der Waals surface area contributed by atoms with Crippen LogP contribution in [0.1, 0.15) is 36.5 Å². The SMILES string of the molecule is CCCn1nnnc1COC(=O)c1ccc(-c2ccc(OC(C)=O)cc2)cc1. The molecule has 0 aliphatic rings. The van der Waals surface area contributed by atoms with Crippen molar-refractivity contribution >= 4 is 11.9 Å². The van der Waals surface area contributed by atoms with Gasteiger partial charge in [0.15, 0.2) is 12.4 Å². The molecule has 0 bridgehead atoms. The third-order valence-corrected chi connectivity index (χ3v) is 3.94. The Balaban J connectivity index is 1.62. The molecule has 0 aliphatic carbocycles. The number of rotatable bonds is 7. The number of ether oxygens (including phenoxy) is 2. The second-order valence-corrected chi connectivity index (χ2v) is 6.09. The van der Waals surface area contributed by atoms with Gasteiger partial charge in [0.2, 0.25) is 0 Å². The number of benzene rings is 2. The minimum Gasteiger partial charge on any atom is -0.454 e. The number of aryl methyl sites for hydroxylation is 1. The summed E-state index contributed by atoms with van der Waals surface area (Å²) >= 11 is 0. The highest BCUT2D eigenvalue weighted by molar-refractivity contribution is 5.90. The lowest BCUT2D eigenvalue weighted by Gasteiger charge is -2.07. The number of carbonyl (C=O) groups is 2. The van der Waals surface area contributed by atoms with Crippen molar-refractivity contribution in [2.75, 3.05) is 0 Å². The molecule has 8 nitrogen and oxygen atoms in total.